The van der Waals surface area contributed by atoms with E-state index in [1.165, 1.54) is 0 Å². The summed E-state index contributed by atoms with van der Waals surface area (Å²) in [5.74, 6) is -0.150. The van der Waals surface area contributed by atoms with Gasteiger partial charge in [0, 0.05) is 5.54 Å². The molecule has 0 fully saturated rings. The van der Waals surface area contributed by atoms with Gasteiger partial charge in [-0.3, -0.25) is 4.79 Å². The molecule has 0 bridgehead atoms. The molecule has 14 heavy (non-hydrogen) atoms. The SMILES string of the molecule is CCNC(C)(C)CC(=O)OC(C)(C)C. The van der Waals surface area contributed by atoms with Crippen molar-refractivity contribution in [1.29, 1.82) is 0 Å². The molecule has 0 atom stereocenters. The average Bonchev–Trinajstić information content (AvgIpc) is 1.78. The molecule has 0 unspecified atom stereocenters. The van der Waals surface area contributed by atoms with E-state index in [-0.39, 0.29) is 17.1 Å². The maximum absolute atomic E-state index is 11.5. The number of rotatable bonds is 4. The van der Waals surface area contributed by atoms with Gasteiger partial charge >= 0.3 is 5.97 Å². The quantitative estimate of drug-likeness (QED) is 0.708. The number of hydrogen-bond acceptors (Lipinski definition) is 3. The molecule has 0 amide bonds. The van der Waals surface area contributed by atoms with Crippen LogP contribution in [0.5, 0.6) is 0 Å². The number of carbonyl (C=O) groups excluding carboxylic acids is 1. The second-order valence-electron chi connectivity index (χ2n) is 5.18. The average molecular weight is 201 g/mol. The van der Waals surface area contributed by atoms with Crippen molar-refractivity contribution < 1.29 is 9.53 Å². The van der Waals surface area contributed by atoms with Crippen LogP contribution < -0.4 is 5.32 Å². The zero-order chi connectivity index (χ0) is 11.4. The molecule has 0 radical (unpaired) electrons. The van der Waals surface area contributed by atoms with Crippen molar-refractivity contribution in [2.45, 2.75) is 59.1 Å². The fourth-order valence-electron chi connectivity index (χ4n) is 1.28. The third-order valence-corrected chi connectivity index (χ3v) is 1.66. The van der Waals surface area contributed by atoms with Gasteiger partial charge in [-0.25, -0.2) is 0 Å². The summed E-state index contributed by atoms with van der Waals surface area (Å²) in [5.41, 5.74) is -0.573. The minimum atomic E-state index is -0.390. The summed E-state index contributed by atoms with van der Waals surface area (Å²) in [7, 11) is 0. The molecule has 0 rings (SSSR count). The molecule has 0 spiro atoms. The summed E-state index contributed by atoms with van der Waals surface area (Å²) in [4.78, 5) is 11.5. The molecule has 84 valence electrons. The van der Waals surface area contributed by atoms with Crippen LogP contribution in [0.1, 0.15) is 48.0 Å². The van der Waals surface area contributed by atoms with E-state index in [1.54, 1.807) is 0 Å². The molecule has 0 saturated carbocycles. The lowest BCUT2D eigenvalue weighted by molar-refractivity contribution is -0.156. The van der Waals surface area contributed by atoms with Gasteiger partial charge in [-0.1, -0.05) is 6.92 Å². The Morgan fingerprint density at radius 2 is 1.71 bits per heavy atom. The largest absolute Gasteiger partial charge is 0.460 e. The van der Waals surface area contributed by atoms with E-state index >= 15 is 0 Å². The zero-order valence-corrected chi connectivity index (χ0v) is 10.2. The second kappa shape index (κ2) is 4.78. The van der Waals surface area contributed by atoms with Gasteiger partial charge in [0.15, 0.2) is 0 Å². The van der Waals surface area contributed by atoms with E-state index in [2.05, 4.69) is 5.32 Å². The highest BCUT2D eigenvalue weighted by atomic mass is 16.6. The lowest BCUT2D eigenvalue weighted by Gasteiger charge is -2.27. The van der Waals surface area contributed by atoms with Gasteiger partial charge in [0.1, 0.15) is 5.60 Å². The van der Waals surface area contributed by atoms with Crippen LogP contribution >= 0.6 is 0 Å². The normalized spacial score (nSPS) is 12.7. The zero-order valence-electron chi connectivity index (χ0n) is 10.2. The number of ether oxygens (including phenoxy) is 1. The molecule has 0 aliphatic carbocycles. The first-order valence-electron chi connectivity index (χ1n) is 5.13. The first-order valence-corrected chi connectivity index (χ1v) is 5.13. The summed E-state index contributed by atoms with van der Waals surface area (Å²) in [6.45, 7) is 12.5. The highest BCUT2D eigenvalue weighted by Crippen LogP contribution is 2.14. The van der Waals surface area contributed by atoms with Crippen molar-refractivity contribution in [3.05, 3.63) is 0 Å². The molecule has 0 aromatic carbocycles. The molecule has 0 heterocycles. The Hall–Kier alpha value is -0.570. The van der Waals surface area contributed by atoms with Gasteiger partial charge in [-0.2, -0.15) is 0 Å². The summed E-state index contributed by atoms with van der Waals surface area (Å²) in [6.07, 6.45) is 0.401. The molecule has 0 saturated heterocycles. The molecular formula is C11H23NO2. The molecular weight excluding hydrogens is 178 g/mol. The standard InChI is InChI=1S/C11H23NO2/c1-7-12-11(5,6)8-9(13)14-10(2,3)4/h12H,7-8H2,1-6H3. The van der Waals surface area contributed by atoms with Crippen molar-refractivity contribution in [2.24, 2.45) is 0 Å². The number of carbonyl (C=O) groups is 1. The third-order valence-electron chi connectivity index (χ3n) is 1.66. The van der Waals surface area contributed by atoms with E-state index in [4.69, 9.17) is 4.74 Å². The van der Waals surface area contributed by atoms with Crippen LogP contribution in [0, 0.1) is 0 Å². The van der Waals surface area contributed by atoms with E-state index in [1.807, 2.05) is 41.5 Å². The Morgan fingerprint density at radius 1 is 1.21 bits per heavy atom. The predicted octanol–water partition coefficient (Wildman–Crippen LogP) is 2.11. The predicted molar refractivity (Wildman–Crippen MR) is 58.2 cm³/mol. The first-order chi connectivity index (χ1) is 6.16. The molecule has 3 nitrogen and oxygen atoms in total. The van der Waals surface area contributed by atoms with Gasteiger partial charge < -0.3 is 10.1 Å². The first kappa shape index (κ1) is 13.4. The highest BCUT2D eigenvalue weighted by Gasteiger charge is 2.24. The van der Waals surface area contributed by atoms with Gasteiger partial charge in [-0.15, -0.1) is 0 Å². The van der Waals surface area contributed by atoms with Crippen molar-refractivity contribution in [3.8, 4) is 0 Å². The van der Waals surface area contributed by atoms with Crippen LogP contribution in [0.25, 0.3) is 0 Å². The third kappa shape index (κ3) is 6.89. The Labute approximate surface area is 87.2 Å². The van der Waals surface area contributed by atoms with Crippen LogP contribution in [0.4, 0.5) is 0 Å². The van der Waals surface area contributed by atoms with E-state index in [0.29, 0.717) is 6.42 Å². The van der Waals surface area contributed by atoms with Crippen molar-refractivity contribution in [2.75, 3.05) is 6.54 Å². The Kier molecular flexibility index (Phi) is 4.59. The van der Waals surface area contributed by atoms with Gasteiger partial charge in [0.25, 0.3) is 0 Å². The van der Waals surface area contributed by atoms with Crippen molar-refractivity contribution in [1.82, 2.24) is 5.32 Å². The molecule has 0 aliphatic heterocycles. The van der Waals surface area contributed by atoms with Gasteiger partial charge in [-0.05, 0) is 41.2 Å². The van der Waals surface area contributed by atoms with Crippen LogP contribution in [-0.2, 0) is 9.53 Å². The Balaban J connectivity index is 4.06. The lowest BCUT2D eigenvalue weighted by atomic mass is 10.0. The topological polar surface area (TPSA) is 38.3 Å². The monoisotopic (exact) mass is 201 g/mol. The molecule has 0 aliphatic rings. The van der Waals surface area contributed by atoms with E-state index < -0.39 is 0 Å². The van der Waals surface area contributed by atoms with Gasteiger partial charge in [0.05, 0.1) is 6.42 Å². The minimum absolute atomic E-state index is 0.150. The highest BCUT2D eigenvalue weighted by molar-refractivity contribution is 5.71. The van der Waals surface area contributed by atoms with E-state index in [9.17, 15) is 4.79 Å². The number of hydrogen-bond donors (Lipinski definition) is 1. The van der Waals surface area contributed by atoms with Crippen LogP contribution in [0.3, 0.4) is 0 Å². The molecule has 1 N–H and O–H groups in total. The maximum Gasteiger partial charge on any atom is 0.308 e. The maximum atomic E-state index is 11.5. The minimum Gasteiger partial charge on any atom is -0.460 e. The number of nitrogens with one attached hydrogen (secondary N) is 1. The van der Waals surface area contributed by atoms with Crippen molar-refractivity contribution in [3.63, 3.8) is 0 Å². The van der Waals surface area contributed by atoms with Crippen molar-refractivity contribution >= 4 is 5.97 Å². The Bertz CT molecular complexity index is 192. The summed E-state index contributed by atoms with van der Waals surface area (Å²) >= 11 is 0. The summed E-state index contributed by atoms with van der Waals surface area (Å²) < 4.78 is 5.24. The Morgan fingerprint density at radius 3 is 2.07 bits per heavy atom. The fraction of sp³-hybridized carbons (Fsp3) is 0.909. The van der Waals surface area contributed by atoms with Crippen LogP contribution in [-0.4, -0.2) is 23.7 Å². The summed E-state index contributed by atoms with van der Waals surface area (Å²) in [6, 6.07) is 0. The second-order valence-corrected chi connectivity index (χ2v) is 5.18. The smallest absolute Gasteiger partial charge is 0.308 e. The van der Waals surface area contributed by atoms with E-state index in [0.717, 1.165) is 6.54 Å². The lowest BCUT2D eigenvalue weighted by Crippen LogP contribution is -2.42. The number of esters is 1. The fourth-order valence-corrected chi connectivity index (χ4v) is 1.28. The van der Waals surface area contributed by atoms with Crippen LogP contribution in [0.15, 0.2) is 0 Å². The molecule has 0 aromatic rings. The van der Waals surface area contributed by atoms with Crippen LogP contribution in [0.2, 0.25) is 0 Å². The summed E-state index contributed by atoms with van der Waals surface area (Å²) in [5, 5.41) is 3.24. The molecule has 3 heteroatoms. The molecule has 0 aromatic heterocycles. The van der Waals surface area contributed by atoms with Gasteiger partial charge in [0.2, 0.25) is 0 Å².